The second-order valence-corrected chi connectivity index (χ2v) is 7.98. The van der Waals surface area contributed by atoms with Gasteiger partial charge in [-0.05, 0) is 80.4 Å². The van der Waals surface area contributed by atoms with Crippen LogP contribution in [-0.4, -0.2) is 40.2 Å². The maximum absolute atomic E-state index is 12.5. The smallest absolute Gasteiger partial charge is 0.337 e. The van der Waals surface area contributed by atoms with E-state index in [1.54, 1.807) is 18.2 Å². The number of rotatable bonds is 5. The van der Waals surface area contributed by atoms with E-state index in [4.69, 9.17) is 4.74 Å². The third-order valence-corrected chi connectivity index (χ3v) is 5.84. The lowest BCUT2D eigenvalue weighted by Gasteiger charge is -2.14. The predicted octanol–water partition coefficient (Wildman–Crippen LogP) is 4.64. The number of carbonyl (C=O) groups is 3. The fourth-order valence-corrected chi connectivity index (χ4v) is 4.37. The van der Waals surface area contributed by atoms with Gasteiger partial charge in [-0.2, -0.15) is 0 Å². The normalized spacial score (nSPS) is 15.5. The van der Waals surface area contributed by atoms with Crippen molar-refractivity contribution in [2.24, 2.45) is 0 Å². The van der Waals surface area contributed by atoms with Gasteiger partial charge in [-0.25, -0.2) is 4.79 Å². The molecule has 1 fully saturated rings. The molecule has 1 aromatic heterocycles. The molecular formula is C22H24N2O4S. The van der Waals surface area contributed by atoms with Gasteiger partial charge < -0.3 is 9.30 Å². The number of thioether (sulfide) groups is 1. The van der Waals surface area contributed by atoms with Crippen LogP contribution in [0.1, 0.15) is 46.2 Å². The summed E-state index contributed by atoms with van der Waals surface area (Å²) in [5.74, 6) is -0.602. The first-order chi connectivity index (χ1) is 13.8. The zero-order valence-electron chi connectivity index (χ0n) is 17.2. The monoisotopic (exact) mass is 412 g/mol. The molecule has 0 unspecified atom stereocenters. The van der Waals surface area contributed by atoms with Crippen LogP contribution in [0.25, 0.3) is 11.8 Å². The summed E-state index contributed by atoms with van der Waals surface area (Å²) in [5, 5.41) is -0.217. The molecule has 0 radical (unpaired) electrons. The Labute approximate surface area is 174 Å². The van der Waals surface area contributed by atoms with Gasteiger partial charge in [0.15, 0.2) is 0 Å². The molecule has 0 aliphatic carbocycles. The van der Waals surface area contributed by atoms with E-state index in [1.807, 2.05) is 39.8 Å². The van der Waals surface area contributed by atoms with Crippen LogP contribution in [0.3, 0.4) is 0 Å². The zero-order chi connectivity index (χ0) is 21.3. The number of hydrogen-bond acceptors (Lipinski definition) is 5. The Balaban J connectivity index is 1.99. The van der Waals surface area contributed by atoms with E-state index in [0.717, 1.165) is 46.4 Å². The molecule has 0 bridgehead atoms. The Morgan fingerprint density at radius 1 is 1.17 bits per heavy atom. The molecule has 6 nitrogen and oxygen atoms in total. The van der Waals surface area contributed by atoms with Crippen LogP contribution < -0.4 is 0 Å². The van der Waals surface area contributed by atoms with Crippen LogP contribution in [0, 0.1) is 20.8 Å². The van der Waals surface area contributed by atoms with E-state index in [0.29, 0.717) is 17.0 Å². The average molecular weight is 413 g/mol. The standard InChI is InChI=1S/C22H24N2O4S/c1-6-9-23-20(25)19(29-22(23)27)12-17-11-14(3)24(15(17)4)18-8-7-16(10-13(18)2)21(26)28-5/h7-8,10-12H,6,9H2,1-5H3/b19-12+. The number of aromatic nitrogens is 1. The summed E-state index contributed by atoms with van der Waals surface area (Å²) in [6, 6.07) is 7.43. The predicted molar refractivity (Wildman–Crippen MR) is 114 cm³/mol. The lowest BCUT2D eigenvalue weighted by Crippen LogP contribution is -2.28. The summed E-state index contributed by atoms with van der Waals surface area (Å²) in [4.78, 5) is 38.1. The molecule has 0 N–H and O–H groups in total. The number of ether oxygens (including phenoxy) is 1. The number of hydrogen-bond donors (Lipinski definition) is 0. The van der Waals surface area contributed by atoms with Crippen molar-refractivity contribution in [1.82, 2.24) is 9.47 Å². The molecule has 0 saturated carbocycles. The zero-order valence-corrected chi connectivity index (χ0v) is 18.1. The fraction of sp³-hybridized carbons (Fsp3) is 0.318. The largest absolute Gasteiger partial charge is 0.465 e. The van der Waals surface area contributed by atoms with Gasteiger partial charge in [0, 0.05) is 23.6 Å². The molecule has 3 rings (SSSR count). The Hall–Kier alpha value is -2.80. The second kappa shape index (κ2) is 8.29. The van der Waals surface area contributed by atoms with E-state index in [2.05, 4.69) is 4.57 Å². The molecule has 7 heteroatoms. The first kappa shape index (κ1) is 20.9. The number of esters is 1. The summed E-state index contributed by atoms with van der Waals surface area (Å²) in [6.07, 6.45) is 2.53. The maximum atomic E-state index is 12.5. The number of amides is 2. The number of nitrogens with zero attached hydrogens (tertiary/aromatic N) is 2. The highest BCUT2D eigenvalue weighted by Crippen LogP contribution is 2.34. The van der Waals surface area contributed by atoms with Crippen LogP contribution in [-0.2, 0) is 9.53 Å². The molecule has 0 spiro atoms. The molecule has 29 heavy (non-hydrogen) atoms. The van der Waals surface area contributed by atoms with Crippen molar-refractivity contribution >= 4 is 35.0 Å². The lowest BCUT2D eigenvalue weighted by atomic mass is 10.1. The van der Waals surface area contributed by atoms with Gasteiger partial charge in [0.25, 0.3) is 11.1 Å². The fourth-order valence-electron chi connectivity index (χ4n) is 3.51. The minimum Gasteiger partial charge on any atom is -0.465 e. The maximum Gasteiger partial charge on any atom is 0.337 e. The number of methoxy groups -OCH3 is 1. The number of benzene rings is 1. The van der Waals surface area contributed by atoms with Gasteiger partial charge in [-0.1, -0.05) is 6.92 Å². The van der Waals surface area contributed by atoms with Crippen LogP contribution in [0.5, 0.6) is 0 Å². The Morgan fingerprint density at radius 2 is 1.90 bits per heavy atom. The van der Waals surface area contributed by atoms with E-state index >= 15 is 0 Å². The first-order valence-corrected chi connectivity index (χ1v) is 10.2. The van der Waals surface area contributed by atoms with Gasteiger partial charge in [-0.15, -0.1) is 0 Å². The number of carbonyl (C=O) groups excluding carboxylic acids is 3. The van der Waals surface area contributed by atoms with Crippen molar-refractivity contribution in [3.8, 4) is 5.69 Å². The van der Waals surface area contributed by atoms with Crippen molar-refractivity contribution in [3.63, 3.8) is 0 Å². The molecule has 1 aliphatic rings. The Kier molecular flexibility index (Phi) is 5.98. The Bertz CT molecular complexity index is 1040. The van der Waals surface area contributed by atoms with Crippen LogP contribution in [0.4, 0.5) is 4.79 Å². The lowest BCUT2D eigenvalue weighted by molar-refractivity contribution is -0.122. The van der Waals surface area contributed by atoms with Crippen molar-refractivity contribution in [2.75, 3.05) is 13.7 Å². The summed E-state index contributed by atoms with van der Waals surface area (Å²) < 4.78 is 6.87. The quantitative estimate of drug-likeness (QED) is 0.529. The van der Waals surface area contributed by atoms with Crippen molar-refractivity contribution < 1.29 is 19.1 Å². The second-order valence-electron chi connectivity index (χ2n) is 6.99. The topological polar surface area (TPSA) is 68.6 Å². The Morgan fingerprint density at radius 3 is 2.52 bits per heavy atom. The molecule has 152 valence electrons. The summed E-state index contributed by atoms with van der Waals surface area (Å²) in [5.41, 5.74) is 5.23. The highest BCUT2D eigenvalue weighted by Gasteiger charge is 2.34. The average Bonchev–Trinajstić information content (AvgIpc) is 3.11. The van der Waals surface area contributed by atoms with E-state index in [9.17, 15) is 14.4 Å². The van der Waals surface area contributed by atoms with Gasteiger partial charge in [0.2, 0.25) is 0 Å². The molecule has 0 atom stereocenters. The van der Waals surface area contributed by atoms with Crippen molar-refractivity contribution in [3.05, 3.63) is 57.2 Å². The molecule has 1 aliphatic heterocycles. The van der Waals surface area contributed by atoms with Crippen molar-refractivity contribution in [1.29, 1.82) is 0 Å². The first-order valence-electron chi connectivity index (χ1n) is 9.42. The van der Waals surface area contributed by atoms with Gasteiger partial charge in [0.05, 0.1) is 17.6 Å². The molecule has 2 heterocycles. The van der Waals surface area contributed by atoms with Gasteiger partial charge >= 0.3 is 5.97 Å². The summed E-state index contributed by atoms with van der Waals surface area (Å²) >= 11 is 0.985. The van der Waals surface area contributed by atoms with Crippen LogP contribution >= 0.6 is 11.8 Å². The minimum atomic E-state index is -0.371. The molecule has 1 saturated heterocycles. The van der Waals surface area contributed by atoms with Gasteiger partial charge in [-0.3, -0.25) is 14.5 Å². The SMILES string of the molecule is CCCN1C(=O)S/C(=C/c2cc(C)n(-c3ccc(C(=O)OC)cc3C)c2C)C1=O. The van der Waals surface area contributed by atoms with E-state index in [-0.39, 0.29) is 17.1 Å². The highest BCUT2D eigenvalue weighted by atomic mass is 32.2. The summed E-state index contributed by atoms with van der Waals surface area (Å²) in [6.45, 7) is 8.28. The minimum absolute atomic E-state index is 0.217. The van der Waals surface area contributed by atoms with Crippen LogP contribution in [0.15, 0.2) is 29.2 Å². The van der Waals surface area contributed by atoms with Gasteiger partial charge in [0.1, 0.15) is 0 Å². The molecular weight excluding hydrogens is 388 g/mol. The molecule has 1 aromatic carbocycles. The molecule has 2 amide bonds. The van der Waals surface area contributed by atoms with Crippen LogP contribution in [0.2, 0.25) is 0 Å². The van der Waals surface area contributed by atoms with E-state index in [1.165, 1.54) is 12.0 Å². The number of imide groups is 1. The third-order valence-electron chi connectivity index (χ3n) is 4.94. The summed E-state index contributed by atoms with van der Waals surface area (Å²) in [7, 11) is 1.36. The third kappa shape index (κ3) is 3.87. The van der Waals surface area contributed by atoms with E-state index < -0.39 is 0 Å². The number of aryl methyl sites for hydroxylation is 2. The molecule has 2 aromatic rings. The van der Waals surface area contributed by atoms with Crippen molar-refractivity contribution in [2.45, 2.75) is 34.1 Å². The highest BCUT2D eigenvalue weighted by molar-refractivity contribution is 8.18.